The van der Waals surface area contributed by atoms with E-state index in [2.05, 4.69) is 16.0 Å². The van der Waals surface area contributed by atoms with E-state index in [0.29, 0.717) is 26.7 Å². The standard InChI is InChI=1S/C32H25Cl2N3O6S/c1-18(29(39)35-23-12-13-28(38)25(17-23)32(42)43)44-24-9-5-8-22(16-24)36-31(41)27(14-20-10-11-21(33)15-26(20)34)37-30(40)19-6-3-2-4-7-19/h2-18,38H,1H3,(H,35,39)(H,36,41)(H,37,40)(H,42,43)/b27-14+. The summed E-state index contributed by atoms with van der Waals surface area (Å²) in [6.45, 7) is 1.67. The monoisotopic (exact) mass is 649 g/mol. The van der Waals surface area contributed by atoms with Gasteiger partial charge in [0.05, 0.1) is 5.25 Å². The minimum Gasteiger partial charge on any atom is -0.507 e. The molecule has 1 atom stereocenters. The molecule has 4 rings (SSSR count). The molecule has 5 N–H and O–H groups in total. The molecule has 0 spiro atoms. The quantitative estimate of drug-likeness (QED) is 0.0712. The summed E-state index contributed by atoms with van der Waals surface area (Å²) in [4.78, 5) is 51.1. The molecule has 0 radical (unpaired) electrons. The average molecular weight is 651 g/mol. The second-order valence-corrected chi connectivity index (χ2v) is 11.6. The Balaban J connectivity index is 1.49. The van der Waals surface area contributed by atoms with E-state index in [-0.39, 0.29) is 22.0 Å². The maximum Gasteiger partial charge on any atom is 0.339 e. The summed E-state index contributed by atoms with van der Waals surface area (Å²) < 4.78 is 0. The number of amides is 3. The molecule has 224 valence electrons. The molecule has 0 heterocycles. The molecule has 0 aromatic heterocycles. The van der Waals surface area contributed by atoms with Crippen molar-refractivity contribution in [3.63, 3.8) is 0 Å². The van der Waals surface area contributed by atoms with Crippen LogP contribution in [0.15, 0.2) is 102 Å². The van der Waals surface area contributed by atoms with Gasteiger partial charge in [-0.1, -0.05) is 53.5 Å². The lowest BCUT2D eigenvalue weighted by molar-refractivity contribution is -0.115. The first-order valence-corrected chi connectivity index (χ1v) is 14.6. The molecular formula is C32H25Cl2N3O6S. The molecule has 0 saturated heterocycles. The number of hydrogen-bond acceptors (Lipinski definition) is 6. The number of aromatic carboxylic acids is 1. The Morgan fingerprint density at radius 3 is 2.27 bits per heavy atom. The van der Waals surface area contributed by atoms with Gasteiger partial charge in [-0.2, -0.15) is 0 Å². The number of carbonyl (C=O) groups excluding carboxylic acids is 3. The van der Waals surface area contributed by atoms with Gasteiger partial charge >= 0.3 is 5.97 Å². The van der Waals surface area contributed by atoms with E-state index in [1.807, 2.05) is 0 Å². The maximum absolute atomic E-state index is 13.4. The molecule has 4 aromatic carbocycles. The van der Waals surface area contributed by atoms with E-state index in [1.54, 1.807) is 73.7 Å². The van der Waals surface area contributed by atoms with Crippen LogP contribution in [-0.2, 0) is 9.59 Å². The van der Waals surface area contributed by atoms with Gasteiger partial charge in [0.1, 0.15) is 17.0 Å². The summed E-state index contributed by atoms with van der Waals surface area (Å²) in [5, 5.41) is 27.0. The van der Waals surface area contributed by atoms with Crippen molar-refractivity contribution in [3.8, 4) is 5.75 Å². The number of benzene rings is 4. The van der Waals surface area contributed by atoms with Crippen LogP contribution in [0.3, 0.4) is 0 Å². The number of carboxylic acids is 1. The largest absolute Gasteiger partial charge is 0.507 e. The third-order valence-electron chi connectivity index (χ3n) is 6.06. The topological polar surface area (TPSA) is 145 Å². The summed E-state index contributed by atoms with van der Waals surface area (Å²) in [6.07, 6.45) is 1.44. The summed E-state index contributed by atoms with van der Waals surface area (Å²) in [6, 6.07) is 23.7. The third kappa shape index (κ3) is 8.63. The molecule has 12 heteroatoms. The molecular weight excluding hydrogens is 625 g/mol. The molecule has 1 unspecified atom stereocenters. The smallest absolute Gasteiger partial charge is 0.339 e. The number of hydrogen-bond donors (Lipinski definition) is 5. The predicted octanol–water partition coefficient (Wildman–Crippen LogP) is 6.93. The Bertz CT molecular complexity index is 1760. The van der Waals surface area contributed by atoms with Gasteiger partial charge in [0, 0.05) is 31.9 Å². The zero-order chi connectivity index (χ0) is 31.8. The summed E-state index contributed by atoms with van der Waals surface area (Å²) in [5.74, 6) is -3.25. The lowest BCUT2D eigenvalue weighted by atomic mass is 10.1. The number of carbonyl (C=O) groups is 4. The molecule has 3 amide bonds. The number of rotatable bonds is 10. The number of halogens is 2. The van der Waals surface area contributed by atoms with E-state index in [0.717, 1.165) is 0 Å². The van der Waals surface area contributed by atoms with Crippen LogP contribution in [0.4, 0.5) is 11.4 Å². The van der Waals surface area contributed by atoms with Crippen LogP contribution in [0.2, 0.25) is 10.0 Å². The van der Waals surface area contributed by atoms with Crippen molar-refractivity contribution in [1.29, 1.82) is 0 Å². The fourth-order valence-corrected chi connectivity index (χ4v) is 5.24. The number of anilines is 2. The molecule has 0 aliphatic carbocycles. The van der Waals surface area contributed by atoms with Gasteiger partial charge in [0.2, 0.25) is 5.91 Å². The minimum atomic E-state index is -1.33. The van der Waals surface area contributed by atoms with E-state index in [9.17, 15) is 29.4 Å². The van der Waals surface area contributed by atoms with Crippen molar-refractivity contribution in [2.24, 2.45) is 0 Å². The number of thioether (sulfide) groups is 1. The number of nitrogens with one attached hydrogen (secondary N) is 3. The van der Waals surface area contributed by atoms with Crippen LogP contribution in [0, 0.1) is 0 Å². The van der Waals surface area contributed by atoms with Gasteiger partial charge in [-0.15, -0.1) is 11.8 Å². The first kappa shape index (κ1) is 32.2. The van der Waals surface area contributed by atoms with Crippen molar-refractivity contribution in [1.82, 2.24) is 5.32 Å². The van der Waals surface area contributed by atoms with Crippen molar-refractivity contribution < 1.29 is 29.4 Å². The third-order valence-corrected chi connectivity index (χ3v) is 7.72. The summed E-state index contributed by atoms with van der Waals surface area (Å²) in [5.41, 5.74) is 1.03. The zero-order valence-corrected chi connectivity index (χ0v) is 25.3. The Hall–Kier alpha value is -4.77. The van der Waals surface area contributed by atoms with Crippen LogP contribution >= 0.6 is 35.0 Å². The summed E-state index contributed by atoms with van der Waals surface area (Å²) >= 11 is 13.5. The minimum absolute atomic E-state index is 0.0662. The van der Waals surface area contributed by atoms with Crippen molar-refractivity contribution in [2.75, 3.05) is 10.6 Å². The molecule has 0 aliphatic heterocycles. The van der Waals surface area contributed by atoms with Crippen molar-refractivity contribution in [3.05, 3.63) is 123 Å². The molecule has 0 bridgehead atoms. The second-order valence-electron chi connectivity index (χ2n) is 9.31. The van der Waals surface area contributed by atoms with Gasteiger partial charge in [0.15, 0.2) is 0 Å². The van der Waals surface area contributed by atoms with E-state index >= 15 is 0 Å². The van der Waals surface area contributed by atoms with Crippen LogP contribution in [0.1, 0.15) is 33.2 Å². The Kier molecular flexibility index (Phi) is 10.7. The molecule has 0 aliphatic rings. The SMILES string of the molecule is CC(Sc1cccc(NC(=O)/C(=C\c2ccc(Cl)cc2Cl)NC(=O)c2ccccc2)c1)C(=O)Nc1ccc(O)c(C(=O)O)c1. The van der Waals surface area contributed by atoms with Crippen molar-refractivity contribution >= 4 is 76.1 Å². The predicted molar refractivity (Wildman–Crippen MR) is 172 cm³/mol. The van der Waals surface area contributed by atoms with Crippen LogP contribution in [0.5, 0.6) is 5.75 Å². The first-order chi connectivity index (χ1) is 21.0. The average Bonchev–Trinajstić information content (AvgIpc) is 2.99. The zero-order valence-electron chi connectivity index (χ0n) is 23.0. The number of aromatic hydroxyl groups is 1. The Morgan fingerprint density at radius 2 is 1.57 bits per heavy atom. The molecule has 44 heavy (non-hydrogen) atoms. The molecule has 0 fully saturated rings. The Labute approximate surface area is 266 Å². The highest BCUT2D eigenvalue weighted by Crippen LogP contribution is 2.28. The highest BCUT2D eigenvalue weighted by Gasteiger charge is 2.19. The lowest BCUT2D eigenvalue weighted by Crippen LogP contribution is -2.30. The summed E-state index contributed by atoms with van der Waals surface area (Å²) in [7, 11) is 0. The van der Waals surface area contributed by atoms with Gasteiger partial charge in [0.25, 0.3) is 11.8 Å². The van der Waals surface area contributed by atoms with Gasteiger partial charge < -0.3 is 26.2 Å². The lowest BCUT2D eigenvalue weighted by Gasteiger charge is -2.14. The second kappa shape index (κ2) is 14.6. The fourth-order valence-electron chi connectivity index (χ4n) is 3.85. The van der Waals surface area contributed by atoms with E-state index in [4.69, 9.17) is 23.2 Å². The molecule has 4 aromatic rings. The molecule has 9 nitrogen and oxygen atoms in total. The highest BCUT2D eigenvalue weighted by atomic mass is 35.5. The fraction of sp³-hybridized carbons (Fsp3) is 0.0625. The van der Waals surface area contributed by atoms with E-state index in [1.165, 1.54) is 42.1 Å². The first-order valence-electron chi connectivity index (χ1n) is 13.0. The van der Waals surface area contributed by atoms with Gasteiger partial charge in [-0.25, -0.2) is 4.79 Å². The van der Waals surface area contributed by atoms with E-state index < -0.39 is 34.7 Å². The maximum atomic E-state index is 13.4. The van der Waals surface area contributed by atoms with Crippen LogP contribution < -0.4 is 16.0 Å². The highest BCUT2D eigenvalue weighted by molar-refractivity contribution is 8.00. The number of carboxylic acid groups (broad SMARTS) is 1. The number of phenols is 1. The Morgan fingerprint density at radius 1 is 0.841 bits per heavy atom. The normalized spacial score (nSPS) is 11.8. The van der Waals surface area contributed by atoms with Crippen LogP contribution in [0.25, 0.3) is 6.08 Å². The van der Waals surface area contributed by atoms with Crippen molar-refractivity contribution in [2.45, 2.75) is 17.1 Å². The van der Waals surface area contributed by atoms with Gasteiger partial charge in [-0.3, -0.25) is 14.4 Å². The van der Waals surface area contributed by atoms with Crippen LogP contribution in [-0.4, -0.2) is 39.2 Å². The van der Waals surface area contributed by atoms with Gasteiger partial charge in [-0.05, 0) is 79.2 Å². The molecule has 0 saturated carbocycles.